The molecule has 0 unspecified atom stereocenters. The van der Waals surface area contributed by atoms with Gasteiger partial charge in [-0.1, -0.05) is 18.2 Å². The first-order chi connectivity index (χ1) is 10.0. The quantitative estimate of drug-likeness (QED) is 0.879. The zero-order chi connectivity index (χ0) is 15.4. The zero-order valence-corrected chi connectivity index (χ0v) is 13.8. The van der Waals surface area contributed by atoms with Gasteiger partial charge in [-0.25, -0.2) is 4.79 Å². The molecule has 2 rings (SSSR count). The lowest BCUT2D eigenvalue weighted by molar-refractivity contribution is 0.0695. The summed E-state index contributed by atoms with van der Waals surface area (Å²) in [6.07, 6.45) is 0.508. The summed E-state index contributed by atoms with van der Waals surface area (Å²) >= 11 is 4.73. The molecule has 1 aromatic heterocycles. The van der Waals surface area contributed by atoms with Gasteiger partial charge in [0.15, 0.2) is 0 Å². The van der Waals surface area contributed by atoms with E-state index in [0.717, 1.165) is 10.0 Å². The number of carbonyl (C=O) groups is 2. The lowest BCUT2D eigenvalue weighted by atomic mass is 10.0. The number of aromatic carboxylic acids is 1. The molecule has 0 atom stereocenters. The monoisotopic (exact) mass is 367 g/mol. The molecule has 0 saturated heterocycles. The molecule has 1 amide bonds. The minimum atomic E-state index is -0.944. The van der Waals surface area contributed by atoms with Crippen molar-refractivity contribution in [3.05, 3.63) is 56.2 Å². The number of likely N-dealkylation sites (N-methyl/N-ethyl adjacent to an activating group) is 1. The van der Waals surface area contributed by atoms with Crippen molar-refractivity contribution in [2.45, 2.75) is 6.42 Å². The third-order valence-electron chi connectivity index (χ3n) is 3.12. The van der Waals surface area contributed by atoms with Crippen LogP contribution in [-0.2, 0) is 6.42 Å². The van der Waals surface area contributed by atoms with Crippen molar-refractivity contribution in [2.75, 3.05) is 13.6 Å². The number of hydrogen-bond donors (Lipinski definition) is 1. The molecule has 1 heterocycles. The van der Waals surface area contributed by atoms with E-state index in [2.05, 4.69) is 15.9 Å². The van der Waals surface area contributed by atoms with Crippen LogP contribution in [0.1, 0.15) is 25.6 Å². The fourth-order valence-corrected chi connectivity index (χ4v) is 3.49. The highest BCUT2D eigenvalue weighted by Gasteiger charge is 2.17. The Kier molecular flexibility index (Phi) is 5.14. The van der Waals surface area contributed by atoms with Gasteiger partial charge in [0.25, 0.3) is 5.91 Å². The maximum Gasteiger partial charge on any atom is 0.335 e. The second kappa shape index (κ2) is 6.87. The minimum Gasteiger partial charge on any atom is -0.478 e. The smallest absolute Gasteiger partial charge is 0.335 e. The van der Waals surface area contributed by atoms with E-state index in [9.17, 15) is 9.59 Å². The van der Waals surface area contributed by atoms with Crippen LogP contribution in [0.25, 0.3) is 0 Å². The summed E-state index contributed by atoms with van der Waals surface area (Å²) in [4.78, 5) is 25.7. The summed E-state index contributed by atoms with van der Waals surface area (Å²) in [7, 11) is 1.72. The van der Waals surface area contributed by atoms with Crippen LogP contribution in [0.4, 0.5) is 0 Å². The van der Waals surface area contributed by atoms with Crippen LogP contribution < -0.4 is 0 Å². The Labute approximate surface area is 135 Å². The first kappa shape index (κ1) is 15.7. The van der Waals surface area contributed by atoms with Crippen LogP contribution in [-0.4, -0.2) is 35.5 Å². The second-order valence-corrected chi connectivity index (χ2v) is 6.31. The summed E-state index contributed by atoms with van der Waals surface area (Å²) in [6.45, 7) is 0.466. The first-order valence-corrected chi connectivity index (χ1v) is 7.97. The number of hydrogen-bond acceptors (Lipinski definition) is 3. The van der Waals surface area contributed by atoms with Gasteiger partial charge in [0, 0.05) is 18.1 Å². The number of carbonyl (C=O) groups excluding carboxylic acids is 1. The third-order valence-corrected chi connectivity index (χ3v) is 4.95. The SMILES string of the molecule is CN(CCc1ccccc1C(=O)O)C(=O)c1sccc1Br. The van der Waals surface area contributed by atoms with Crippen LogP contribution in [0.3, 0.4) is 0 Å². The highest BCUT2D eigenvalue weighted by Crippen LogP contribution is 2.24. The highest BCUT2D eigenvalue weighted by molar-refractivity contribution is 9.10. The predicted octanol–water partition coefficient (Wildman–Crippen LogP) is 3.52. The standard InChI is InChI=1S/C15H14BrNO3S/c1-17(14(18)13-12(16)7-9-21-13)8-6-10-4-2-3-5-11(10)15(19)20/h2-5,7,9H,6,8H2,1H3,(H,19,20). The van der Waals surface area contributed by atoms with Crippen LogP contribution in [0.5, 0.6) is 0 Å². The van der Waals surface area contributed by atoms with E-state index < -0.39 is 5.97 Å². The Hall–Kier alpha value is -1.66. The number of halogens is 1. The fraction of sp³-hybridized carbons (Fsp3) is 0.200. The average molecular weight is 368 g/mol. The second-order valence-electron chi connectivity index (χ2n) is 4.54. The molecule has 2 aromatic rings. The Balaban J connectivity index is 2.05. The third kappa shape index (κ3) is 3.71. The van der Waals surface area contributed by atoms with Crippen molar-refractivity contribution in [3.63, 3.8) is 0 Å². The average Bonchev–Trinajstić information content (AvgIpc) is 2.90. The maximum absolute atomic E-state index is 12.3. The largest absolute Gasteiger partial charge is 0.478 e. The molecule has 1 aromatic carbocycles. The van der Waals surface area contributed by atoms with Crippen molar-refractivity contribution in [1.29, 1.82) is 0 Å². The van der Waals surface area contributed by atoms with Crippen molar-refractivity contribution in [1.82, 2.24) is 4.90 Å². The van der Waals surface area contributed by atoms with Gasteiger partial charge in [0.2, 0.25) is 0 Å². The molecule has 0 fully saturated rings. The van der Waals surface area contributed by atoms with Crippen molar-refractivity contribution in [3.8, 4) is 0 Å². The van der Waals surface area contributed by atoms with Crippen LogP contribution in [0, 0.1) is 0 Å². The van der Waals surface area contributed by atoms with Crippen LogP contribution in [0.2, 0.25) is 0 Å². The molecule has 0 saturated carbocycles. The molecule has 0 radical (unpaired) electrons. The zero-order valence-electron chi connectivity index (χ0n) is 11.4. The van der Waals surface area contributed by atoms with E-state index >= 15 is 0 Å². The lowest BCUT2D eigenvalue weighted by Crippen LogP contribution is -2.28. The molecular formula is C15H14BrNO3S. The van der Waals surface area contributed by atoms with E-state index in [4.69, 9.17) is 5.11 Å². The maximum atomic E-state index is 12.3. The van der Waals surface area contributed by atoms with Gasteiger partial charge in [-0.05, 0) is 45.4 Å². The molecule has 110 valence electrons. The summed E-state index contributed by atoms with van der Waals surface area (Å²) in [5.41, 5.74) is 1.02. The van der Waals surface area contributed by atoms with Gasteiger partial charge in [-0.3, -0.25) is 4.79 Å². The van der Waals surface area contributed by atoms with Gasteiger partial charge in [-0.2, -0.15) is 0 Å². The molecule has 0 spiro atoms. The summed E-state index contributed by atoms with van der Waals surface area (Å²) < 4.78 is 0.787. The number of carboxylic acid groups (broad SMARTS) is 1. The van der Waals surface area contributed by atoms with E-state index in [-0.39, 0.29) is 11.5 Å². The molecule has 4 nitrogen and oxygen atoms in total. The van der Waals surface area contributed by atoms with E-state index in [1.807, 2.05) is 11.4 Å². The molecule has 0 aliphatic rings. The van der Waals surface area contributed by atoms with E-state index in [1.54, 1.807) is 36.2 Å². The molecule has 1 N–H and O–H groups in total. The number of thiophene rings is 1. The Morgan fingerprint density at radius 1 is 1.29 bits per heavy atom. The van der Waals surface area contributed by atoms with Crippen LogP contribution in [0.15, 0.2) is 40.2 Å². The van der Waals surface area contributed by atoms with Crippen molar-refractivity contribution >= 4 is 39.1 Å². The van der Waals surface area contributed by atoms with Gasteiger partial charge < -0.3 is 10.0 Å². The number of rotatable bonds is 5. The minimum absolute atomic E-state index is 0.0651. The Bertz CT molecular complexity index is 668. The van der Waals surface area contributed by atoms with Gasteiger partial charge in [-0.15, -0.1) is 11.3 Å². The van der Waals surface area contributed by atoms with Gasteiger partial charge >= 0.3 is 5.97 Å². The normalized spacial score (nSPS) is 10.4. The highest BCUT2D eigenvalue weighted by atomic mass is 79.9. The molecule has 21 heavy (non-hydrogen) atoms. The Morgan fingerprint density at radius 3 is 2.62 bits per heavy atom. The summed E-state index contributed by atoms with van der Waals surface area (Å²) in [5, 5.41) is 11.0. The fourth-order valence-electron chi connectivity index (χ4n) is 1.96. The van der Waals surface area contributed by atoms with Crippen LogP contribution >= 0.6 is 27.3 Å². The Morgan fingerprint density at radius 2 is 2.00 bits per heavy atom. The predicted molar refractivity (Wildman–Crippen MR) is 86.1 cm³/mol. The number of amides is 1. The van der Waals surface area contributed by atoms with E-state index in [0.29, 0.717) is 17.8 Å². The van der Waals surface area contributed by atoms with Gasteiger partial charge in [0.05, 0.1) is 5.56 Å². The molecule has 6 heteroatoms. The first-order valence-electron chi connectivity index (χ1n) is 6.30. The molecule has 0 bridgehead atoms. The number of benzene rings is 1. The molecule has 0 aliphatic carbocycles. The topological polar surface area (TPSA) is 57.6 Å². The van der Waals surface area contributed by atoms with Gasteiger partial charge in [0.1, 0.15) is 4.88 Å². The summed E-state index contributed by atoms with van der Waals surface area (Å²) in [6, 6.07) is 8.70. The van der Waals surface area contributed by atoms with Crippen molar-refractivity contribution < 1.29 is 14.7 Å². The molecular weight excluding hydrogens is 354 g/mol. The lowest BCUT2D eigenvalue weighted by Gasteiger charge is -2.17. The van der Waals surface area contributed by atoms with E-state index in [1.165, 1.54) is 11.3 Å². The number of nitrogens with zero attached hydrogens (tertiary/aromatic N) is 1. The molecule has 0 aliphatic heterocycles. The number of carboxylic acids is 1. The summed E-state index contributed by atoms with van der Waals surface area (Å²) in [5.74, 6) is -1.01. The van der Waals surface area contributed by atoms with Crippen molar-refractivity contribution in [2.24, 2.45) is 0 Å².